The number of aliphatic hydroxyl groups is 1. The second-order valence-electron chi connectivity index (χ2n) is 7.37. The summed E-state index contributed by atoms with van der Waals surface area (Å²) < 4.78 is 10.8. The van der Waals surface area contributed by atoms with Crippen molar-refractivity contribution in [1.29, 1.82) is 0 Å². The summed E-state index contributed by atoms with van der Waals surface area (Å²) in [5, 5.41) is 20.3. The molecule has 0 aliphatic carbocycles. The second-order valence-corrected chi connectivity index (χ2v) is 7.37. The fourth-order valence-electron chi connectivity index (χ4n) is 3.04. The number of hydrogen-bond acceptors (Lipinski definition) is 10. The highest BCUT2D eigenvalue weighted by Gasteiger charge is 2.16. The van der Waals surface area contributed by atoms with E-state index >= 15 is 0 Å². The number of benzene rings is 2. The van der Waals surface area contributed by atoms with Gasteiger partial charge in [0, 0.05) is 25.6 Å². The van der Waals surface area contributed by atoms with Gasteiger partial charge in [0.05, 0.1) is 12.3 Å². The maximum atomic E-state index is 12.4. The Morgan fingerprint density at radius 1 is 1.06 bits per heavy atom. The molecule has 1 heterocycles. The van der Waals surface area contributed by atoms with Gasteiger partial charge in [-0.3, -0.25) is 9.69 Å². The molecule has 12 heteroatoms. The molecule has 0 atom stereocenters. The van der Waals surface area contributed by atoms with Gasteiger partial charge < -0.3 is 31.4 Å². The fourth-order valence-corrected chi connectivity index (χ4v) is 3.04. The Morgan fingerprint density at radius 3 is 2.53 bits per heavy atom. The van der Waals surface area contributed by atoms with Crippen LogP contribution in [0.2, 0.25) is 0 Å². The van der Waals surface area contributed by atoms with Gasteiger partial charge in [0.1, 0.15) is 17.2 Å². The van der Waals surface area contributed by atoms with Crippen molar-refractivity contribution in [3.63, 3.8) is 0 Å². The van der Waals surface area contributed by atoms with Crippen molar-refractivity contribution in [3.05, 3.63) is 66.2 Å². The van der Waals surface area contributed by atoms with Crippen LogP contribution in [0.15, 0.2) is 70.9 Å². The minimum absolute atomic E-state index is 0.0721. The van der Waals surface area contributed by atoms with Gasteiger partial charge in [0.25, 0.3) is 0 Å². The average molecular weight is 494 g/mol. The van der Waals surface area contributed by atoms with E-state index < -0.39 is 6.09 Å². The molecule has 6 N–H and O–H groups in total. The Hall–Kier alpha value is -4.55. The van der Waals surface area contributed by atoms with E-state index in [-0.39, 0.29) is 49.6 Å². The SMILES string of the molecule is CN(C(=O)OCOc1ccccc1/N=N/c1ccc(NC(=O)CCN)nc1N)c1ccccc1CO. The molecule has 0 saturated heterocycles. The van der Waals surface area contributed by atoms with Crippen LogP contribution in [0.1, 0.15) is 12.0 Å². The quantitative estimate of drug-likeness (QED) is 0.245. The number of ether oxygens (including phenoxy) is 2. The van der Waals surface area contributed by atoms with Crippen LogP contribution in [-0.4, -0.2) is 42.5 Å². The lowest BCUT2D eigenvalue weighted by Crippen LogP contribution is -2.29. The zero-order valence-electron chi connectivity index (χ0n) is 19.6. The maximum absolute atomic E-state index is 12.4. The van der Waals surface area contributed by atoms with Crippen molar-refractivity contribution in [2.75, 3.05) is 36.3 Å². The number of aliphatic hydroxyl groups excluding tert-OH is 1. The number of nitrogens with two attached hydrogens (primary N) is 2. The van der Waals surface area contributed by atoms with Gasteiger partial charge in [-0.05, 0) is 30.3 Å². The Morgan fingerprint density at radius 2 is 1.78 bits per heavy atom. The van der Waals surface area contributed by atoms with Crippen molar-refractivity contribution < 1.29 is 24.2 Å². The Bertz CT molecular complexity index is 1230. The summed E-state index contributed by atoms with van der Waals surface area (Å²) in [7, 11) is 1.53. The predicted molar refractivity (Wildman–Crippen MR) is 134 cm³/mol. The summed E-state index contributed by atoms with van der Waals surface area (Å²) in [6, 6.07) is 16.8. The molecule has 0 fully saturated rings. The Labute approximate surface area is 207 Å². The van der Waals surface area contributed by atoms with Crippen molar-refractivity contribution in [3.8, 4) is 5.75 Å². The number of nitrogens with one attached hydrogen (secondary N) is 1. The fraction of sp³-hybridized carbons (Fsp3) is 0.208. The first kappa shape index (κ1) is 26.1. The number of amides is 2. The summed E-state index contributed by atoms with van der Waals surface area (Å²) in [4.78, 5) is 29.4. The third-order valence-electron chi connectivity index (χ3n) is 4.87. The van der Waals surface area contributed by atoms with Gasteiger partial charge in [-0.25, -0.2) is 9.78 Å². The molecule has 0 saturated carbocycles. The van der Waals surface area contributed by atoms with Gasteiger partial charge in [0.15, 0.2) is 11.6 Å². The van der Waals surface area contributed by atoms with Crippen LogP contribution in [0.3, 0.4) is 0 Å². The van der Waals surface area contributed by atoms with Crippen LogP contribution in [0.4, 0.5) is 33.5 Å². The largest absolute Gasteiger partial charge is 0.455 e. The topological polar surface area (TPSA) is 178 Å². The number of para-hydroxylation sites is 2. The first-order valence-corrected chi connectivity index (χ1v) is 10.9. The van der Waals surface area contributed by atoms with Crippen LogP contribution in [0.25, 0.3) is 0 Å². The van der Waals surface area contributed by atoms with Gasteiger partial charge >= 0.3 is 6.09 Å². The zero-order valence-corrected chi connectivity index (χ0v) is 19.6. The number of hydrogen-bond donors (Lipinski definition) is 4. The Balaban J connectivity index is 1.62. The molecule has 0 bridgehead atoms. The molecule has 2 amide bonds. The molecule has 0 aliphatic rings. The predicted octanol–water partition coefficient (Wildman–Crippen LogP) is 3.47. The first-order valence-electron chi connectivity index (χ1n) is 10.9. The third-order valence-corrected chi connectivity index (χ3v) is 4.87. The summed E-state index contributed by atoms with van der Waals surface area (Å²) >= 11 is 0. The number of aromatic nitrogens is 1. The highest BCUT2D eigenvalue weighted by atomic mass is 16.7. The number of pyridine rings is 1. The van der Waals surface area contributed by atoms with Gasteiger partial charge in [-0.15, -0.1) is 10.2 Å². The Kier molecular flexibility index (Phi) is 9.26. The number of rotatable bonds is 10. The standard InChI is InChI=1S/C24H27N7O5/c1-31(19-8-4-2-6-16(19)14-32)24(34)36-15-35-20-9-5-3-7-17(20)29-30-18-10-11-21(28-23(18)26)27-22(33)12-13-25/h2-11,32H,12-15,25H2,1H3,(H3,26,27,28,33)/b30-29+. The van der Waals surface area contributed by atoms with Crippen LogP contribution in [0, 0.1) is 0 Å². The van der Waals surface area contributed by atoms with Crippen molar-refractivity contribution in [1.82, 2.24) is 4.98 Å². The van der Waals surface area contributed by atoms with Crippen molar-refractivity contribution in [2.45, 2.75) is 13.0 Å². The van der Waals surface area contributed by atoms with Crippen molar-refractivity contribution in [2.24, 2.45) is 16.0 Å². The highest BCUT2D eigenvalue weighted by Crippen LogP contribution is 2.30. The van der Waals surface area contributed by atoms with Gasteiger partial charge in [0.2, 0.25) is 12.7 Å². The minimum atomic E-state index is -0.660. The smallest absolute Gasteiger partial charge is 0.416 e. The van der Waals surface area contributed by atoms with Crippen LogP contribution in [0.5, 0.6) is 5.75 Å². The molecule has 0 unspecified atom stereocenters. The molecule has 12 nitrogen and oxygen atoms in total. The van der Waals surface area contributed by atoms with Gasteiger partial charge in [-0.2, -0.15) is 0 Å². The normalized spacial score (nSPS) is 10.8. The third kappa shape index (κ3) is 6.98. The maximum Gasteiger partial charge on any atom is 0.416 e. The lowest BCUT2D eigenvalue weighted by atomic mass is 10.2. The summed E-state index contributed by atoms with van der Waals surface area (Å²) in [6.07, 6.45) is -0.492. The molecule has 0 radical (unpaired) electrons. The van der Waals surface area contributed by atoms with Crippen LogP contribution < -0.4 is 26.4 Å². The summed E-state index contributed by atoms with van der Waals surface area (Å²) in [6.45, 7) is -0.366. The summed E-state index contributed by atoms with van der Waals surface area (Å²) in [5.74, 6) is 0.406. The molecule has 2 aromatic carbocycles. The minimum Gasteiger partial charge on any atom is -0.455 e. The number of azo groups is 1. The van der Waals surface area contributed by atoms with Crippen LogP contribution >= 0.6 is 0 Å². The van der Waals surface area contributed by atoms with E-state index in [0.29, 0.717) is 22.7 Å². The zero-order chi connectivity index (χ0) is 25.9. The molecular formula is C24H27N7O5. The van der Waals surface area contributed by atoms with E-state index in [0.717, 1.165) is 0 Å². The molecular weight excluding hydrogens is 466 g/mol. The lowest BCUT2D eigenvalue weighted by Gasteiger charge is -2.19. The lowest BCUT2D eigenvalue weighted by molar-refractivity contribution is -0.116. The number of carbonyl (C=O) groups excluding carboxylic acids is 2. The average Bonchev–Trinajstić information content (AvgIpc) is 2.88. The molecule has 36 heavy (non-hydrogen) atoms. The van der Waals surface area contributed by atoms with Gasteiger partial charge in [-0.1, -0.05) is 30.3 Å². The highest BCUT2D eigenvalue weighted by molar-refractivity contribution is 5.90. The first-order chi connectivity index (χ1) is 17.4. The van der Waals surface area contributed by atoms with E-state index in [9.17, 15) is 14.7 Å². The number of nitrogens with zero attached hydrogens (tertiary/aromatic N) is 4. The molecule has 0 aliphatic heterocycles. The number of nitrogen functional groups attached to an aromatic ring is 1. The molecule has 3 aromatic rings. The second kappa shape index (κ2) is 12.8. The van der Waals surface area contributed by atoms with E-state index in [1.807, 2.05) is 0 Å². The van der Waals surface area contributed by atoms with E-state index in [1.54, 1.807) is 60.7 Å². The number of anilines is 3. The van der Waals surface area contributed by atoms with E-state index in [1.165, 1.54) is 11.9 Å². The van der Waals surface area contributed by atoms with Crippen molar-refractivity contribution >= 4 is 40.7 Å². The monoisotopic (exact) mass is 493 g/mol. The molecule has 3 rings (SSSR count). The molecule has 1 aromatic heterocycles. The molecule has 0 spiro atoms. The van der Waals surface area contributed by atoms with E-state index in [2.05, 4.69) is 20.5 Å². The van der Waals surface area contributed by atoms with E-state index in [4.69, 9.17) is 20.9 Å². The number of carbonyl (C=O) groups is 2. The summed E-state index contributed by atoms with van der Waals surface area (Å²) in [5.41, 5.74) is 13.1. The van der Waals surface area contributed by atoms with Crippen LogP contribution in [-0.2, 0) is 16.1 Å². The molecule has 188 valence electrons.